The lowest BCUT2D eigenvalue weighted by Crippen LogP contribution is -2.65. The molecule has 1 N–H and O–H groups in total. The van der Waals surface area contributed by atoms with Crippen molar-refractivity contribution >= 4 is 23.6 Å². The molecule has 1 atom stereocenters. The Morgan fingerprint density at radius 2 is 2.12 bits per heavy atom. The van der Waals surface area contributed by atoms with Gasteiger partial charge in [0.25, 0.3) is 0 Å². The highest BCUT2D eigenvalue weighted by Crippen LogP contribution is 2.18. The maximum absolute atomic E-state index is 12.1. The van der Waals surface area contributed by atoms with Crippen molar-refractivity contribution in [1.82, 2.24) is 10.2 Å². The molecule has 1 unspecified atom stereocenters. The Balaban J connectivity index is 2.71. The number of hydrogen-bond donors (Lipinski definition) is 1. The average molecular weight is 244 g/mol. The topological polar surface area (TPSA) is 49.4 Å². The lowest BCUT2D eigenvalue weighted by Gasteiger charge is -2.40. The molecule has 2 amide bonds. The number of rotatable bonds is 4. The Labute approximate surface area is 101 Å². The van der Waals surface area contributed by atoms with Crippen molar-refractivity contribution in [3.05, 3.63) is 0 Å². The molecule has 1 aliphatic heterocycles. The Morgan fingerprint density at radius 3 is 2.69 bits per heavy atom. The molecule has 5 heteroatoms. The van der Waals surface area contributed by atoms with E-state index in [-0.39, 0.29) is 24.4 Å². The number of nitrogens with one attached hydrogen (secondary N) is 1. The van der Waals surface area contributed by atoms with Crippen LogP contribution in [0.3, 0.4) is 0 Å². The van der Waals surface area contributed by atoms with Crippen molar-refractivity contribution in [2.45, 2.75) is 38.8 Å². The van der Waals surface area contributed by atoms with E-state index in [9.17, 15) is 9.59 Å². The molecule has 1 fully saturated rings. The average Bonchev–Trinajstić information content (AvgIpc) is 2.19. The lowest BCUT2D eigenvalue weighted by molar-refractivity contribution is -0.150. The maximum atomic E-state index is 12.1. The highest BCUT2D eigenvalue weighted by Gasteiger charge is 2.40. The van der Waals surface area contributed by atoms with Crippen molar-refractivity contribution in [3.63, 3.8) is 0 Å². The van der Waals surface area contributed by atoms with Crippen LogP contribution in [0.25, 0.3) is 0 Å². The molecule has 0 radical (unpaired) electrons. The fourth-order valence-corrected chi connectivity index (χ4v) is 2.40. The zero-order valence-electron chi connectivity index (χ0n) is 10.4. The van der Waals surface area contributed by atoms with E-state index in [0.717, 1.165) is 12.2 Å². The van der Waals surface area contributed by atoms with E-state index in [4.69, 9.17) is 0 Å². The minimum absolute atomic E-state index is 0.0145. The van der Waals surface area contributed by atoms with Gasteiger partial charge in [-0.15, -0.1) is 0 Å². The Kier molecular flexibility index (Phi) is 4.24. The SMILES string of the molecule is CSCCC(C)N1CC(=O)NC(C)(C)C1=O. The van der Waals surface area contributed by atoms with Crippen LogP contribution in [0.4, 0.5) is 0 Å². The first-order valence-corrected chi connectivity index (χ1v) is 6.89. The molecule has 0 aliphatic carbocycles. The quantitative estimate of drug-likeness (QED) is 0.798. The highest BCUT2D eigenvalue weighted by atomic mass is 32.2. The van der Waals surface area contributed by atoms with E-state index in [0.29, 0.717) is 0 Å². The highest BCUT2D eigenvalue weighted by molar-refractivity contribution is 7.98. The fraction of sp³-hybridized carbons (Fsp3) is 0.818. The number of carbonyl (C=O) groups is 2. The van der Waals surface area contributed by atoms with Gasteiger partial charge in [0, 0.05) is 6.04 Å². The van der Waals surface area contributed by atoms with Crippen LogP contribution in [0.15, 0.2) is 0 Å². The third-order valence-corrected chi connectivity index (χ3v) is 3.48. The van der Waals surface area contributed by atoms with Crippen molar-refractivity contribution < 1.29 is 9.59 Å². The molecule has 0 bridgehead atoms. The first-order chi connectivity index (χ1) is 7.38. The number of amides is 2. The van der Waals surface area contributed by atoms with E-state index in [1.807, 2.05) is 13.2 Å². The Hall–Kier alpha value is -0.710. The molecule has 0 aromatic rings. The Bertz CT molecular complexity index is 292. The molecule has 0 saturated carbocycles. The zero-order chi connectivity index (χ0) is 12.3. The predicted octanol–water partition coefficient (Wildman–Crippen LogP) is 0.865. The largest absolute Gasteiger partial charge is 0.341 e. The maximum Gasteiger partial charge on any atom is 0.248 e. The van der Waals surface area contributed by atoms with Gasteiger partial charge in [-0.3, -0.25) is 9.59 Å². The number of hydrogen-bond acceptors (Lipinski definition) is 3. The molecular formula is C11H20N2O2S. The first-order valence-electron chi connectivity index (χ1n) is 5.49. The van der Waals surface area contributed by atoms with E-state index in [2.05, 4.69) is 5.32 Å². The molecule has 92 valence electrons. The summed E-state index contributed by atoms with van der Waals surface area (Å²) in [5.74, 6) is 0.953. The van der Waals surface area contributed by atoms with Crippen LogP contribution in [0, 0.1) is 0 Å². The number of piperazine rings is 1. The summed E-state index contributed by atoms with van der Waals surface area (Å²) in [6.07, 6.45) is 2.97. The second-order valence-corrected chi connectivity index (χ2v) is 5.72. The lowest BCUT2D eigenvalue weighted by atomic mass is 9.98. The summed E-state index contributed by atoms with van der Waals surface area (Å²) in [7, 11) is 0. The van der Waals surface area contributed by atoms with E-state index in [1.165, 1.54) is 0 Å². The van der Waals surface area contributed by atoms with Gasteiger partial charge in [0.1, 0.15) is 5.54 Å². The summed E-state index contributed by atoms with van der Waals surface area (Å²) in [5, 5.41) is 2.71. The van der Waals surface area contributed by atoms with E-state index >= 15 is 0 Å². The molecule has 1 heterocycles. The molecular weight excluding hydrogens is 224 g/mol. The zero-order valence-corrected chi connectivity index (χ0v) is 11.2. The smallest absolute Gasteiger partial charge is 0.248 e. The van der Waals surface area contributed by atoms with Crippen LogP contribution in [-0.4, -0.2) is 46.8 Å². The Morgan fingerprint density at radius 1 is 1.50 bits per heavy atom. The van der Waals surface area contributed by atoms with Gasteiger partial charge in [-0.1, -0.05) is 0 Å². The molecule has 1 rings (SSSR count). The molecule has 0 aromatic heterocycles. The van der Waals surface area contributed by atoms with Gasteiger partial charge in [0.2, 0.25) is 11.8 Å². The van der Waals surface area contributed by atoms with Crippen LogP contribution in [-0.2, 0) is 9.59 Å². The van der Waals surface area contributed by atoms with E-state index in [1.54, 1.807) is 30.5 Å². The summed E-state index contributed by atoms with van der Waals surface area (Å²) in [6.45, 7) is 5.70. The third kappa shape index (κ3) is 2.90. The third-order valence-electron chi connectivity index (χ3n) is 2.83. The standard InChI is InChI=1S/C11H20N2O2S/c1-8(5-6-16-4)13-7-9(14)12-11(2,3)10(13)15/h8H,5-7H2,1-4H3,(H,12,14). The van der Waals surface area contributed by atoms with Gasteiger partial charge >= 0.3 is 0 Å². The van der Waals surface area contributed by atoms with Gasteiger partial charge < -0.3 is 10.2 Å². The van der Waals surface area contributed by atoms with Gasteiger partial charge in [-0.25, -0.2) is 0 Å². The van der Waals surface area contributed by atoms with Gasteiger partial charge in [0.15, 0.2) is 0 Å². The summed E-state index contributed by atoms with van der Waals surface area (Å²) >= 11 is 1.76. The van der Waals surface area contributed by atoms with Crippen LogP contribution in [0.5, 0.6) is 0 Å². The van der Waals surface area contributed by atoms with Gasteiger partial charge in [-0.05, 0) is 39.2 Å². The molecule has 16 heavy (non-hydrogen) atoms. The second-order valence-electron chi connectivity index (χ2n) is 4.74. The normalized spacial score (nSPS) is 21.9. The summed E-state index contributed by atoms with van der Waals surface area (Å²) in [6, 6.07) is 0.130. The first kappa shape index (κ1) is 13.4. The molecule has 0 aromatic carbocycles. The van der Waals surface area contributed by atoms with Crippen molar-refractivity contribution in [3.8, 4) is 0 Å². The summed E-state index contributed by atoms with van der Waals surface area (Å²) in [4.78, 5) is 25.3. The van der Waals surface area contributed by atoms with Crippen molar-refractivity contribution in [2.24, 2.45) is 0 Å². The van der Waals surface area contributed by atoms with Crippen LogP contribution < -0.4 is 5.32 Å². The minimum Gasteiger partial charge on any atom is -0.341 e. The molecule has 1 saturated heterocycles. The number of nitrogens with zero attached hydrogens (tertiary/aromatic N) is 1. The summed E-state index contributed by atoms with van der Waals surface area (Å²) < 4.78 is 0. The fourth-order valence-electron chi connectivity index (χ4n) is 1.83. The van der Waals surface area contributed by atoms with Crippen LogP contribution in [0.2, 0.25) is 0 Å². The predicted molar refractivity (Wildman–Crippen MR) is 66.4 cm³/mol. The van der Waals surface area contributed by atoms with Crippen molar-refractivity contribution in [2.75, 3.05) is 18.6 Å². The number of carbonyl (C=O) groups excluding carboxylic acids is 2. The number of thioether (sulfide) groups is 1. The van der Waals surface area contributed by atoms with Crippen molar-refractivity contribution in [1.29, 1.82) is 0 Å². The van der Waals surface area contributed by atoms with E-state index < -0.39 is 5.54 Å². The van der Waals surface area contributed by atoms with Crippen LogP contribution in [0.1, 0.15) is 27.2 Å². The van der Waals surface area contributed by atoms with Gasteiger partial charge in [0.05, 0.1) is 6.54 Å². The van der Waals surface area contributed by atoms with Crippen LogP contribution >= 0.6 is 11.8 Å². The second kappa shape index (κ2) is 5.08. The molecule has 0 spiro atoms. The van der Waals surface area contributed by atoms with Gasteiger partial charge in [-0.2, -0.15) is 11.8 Å². The monoisotopic (exact) mass is 244 g/mol. The molecule has 4 nitrogen and oxygen atoms in total. The molecule has 1 aliphatic rings. The minimum atomic E-state index is -0.761. The summed E-state index contributed by atoms with van der Waals surface area (Å²) in [5.41, 5.74) is -0.761.